The van der Waals surface area contributed by atoms with Gasteiger partial charge in [0, 0.05) is 17.9 Å². The lowest BCUT2D eigenvalue weighted by molar-refractivity contribution is 0.0512. The number of anilines is 1. The van der Waals surface area contributed by atoms with E-state index < -0.39 is 5.97 Å². The molecule has 1 amide bonds. The largest absolute Gasteiger partial charge is 0.461 e. The van der Waals surface area contributed by atoms with Gasteiger partial charge in [-0.25, -0.2) is 4.79 Å². The summed E-state index contributed by atoms with van der Waals surface area (Å²) in [5.41, 5.74) is 4.30. The van der Waals surface area contributed by atoms with Gasteiger partial charge in [0.2, 0.25) is 0 Å². The summed E-state index contributed by atoms with van der Waals surface area (Å²) in [6, 6.07) is 7.74. The molecular weight excluding hydrogens is 316 g/mol. The molecule has 0 unspecified atom stereocenters. The maximum Gasteiger partial charge on any atom is 0.355 e. The number of rotatable bonds is 6. The number of amides is 1. The highest BCUT2D eigenvalue weighted by Gasteiger charge is 2.26. The second-order valence-electron chi connectivity index (χ2n) is 5.86. The molecule has 1 N–H and O–H groups in total. The fourth-order valence-corrected chi connectivity index (χ4v) is 3.22. The number of nitrogens with one attached hydrogen (secondary N) is 1. The lowest BCUT2D eigenvalue weighted by atomic mass is 10.1. The lowest BCUT2D eigenvalue weighted by Crippen LogP contribution is -2.15. The highest BCUT2D eigenvalue weighted by atomic mass is 16.5. The van der Waals surface area contributed by atoms with Crippen LogP contribution in [0.3, 0.4) is 0 Å². The number of benzene rings is 1. The summed E-state index contributed by atoms with van der Waals surface area (Å²) < 4.78 is 7.00. The Morgan fingerprint density at radius 2 is 1.80 bits per heavy atom. The molecule has 5 nitrogen and oxygen atoms in total. The number of hydrogen-bond donors (Lipinski definition) is 1. The molecule has 1 aromatic carbocycles. The summed E-state index contributed by atoms with van der Waals surface area (Å²) in [5.74, 6) is -0.591. The van der Waals surface area contributed by atoms with Crippen LogP contribution < -0.4 is 5.32 Å². The van der Waals surface area contributed by atoms with Crippen LogP contribution >= 0.6 is 0 Å². The Morgan fingerprint density at radius 3 is 2.40 bits per heavy atom. The number of para-hydroxylation sites is 1. The molecule has 0 radical (unpaired) electrons. The quantitative estimate of drug-likeness (QED) is 0.804. The number of hydrogen-bond acceptors (Lipinski definition) is 3. The molecule has 1 heterocycles. The molecule has 0 bridgehead atoms. The Hall–Kier alpha value is -2.56. The number of nitrogens with zero attached hydrogens (tertiary/aromatic N) is 1. The van der Waals surface area contributed by atoms with Crippen LogP contribution in [0, 0.1) is 13.8 Å². The van der Waals surface area contributed by atoms with Crippen LogP contribution in [0.5, 0.6) is 0 Å². The normalized spacial score (nSPS) is 10.6. The van der Waals surface area contributed by atoms with Crippen LogP contribution in [-0.2, 0) is 17.7 Å². The molecule has 0 saturated carbocycles. The van der Waals surface area contributed by atoms with E-state index in [1.807, 2.05) is 49.6 Å². The molecule has 0 aliphatic carbocycles. The van der Waals surface area contributed by atoms with E-state index >= 15 is 0 Å². The van der Waals surface area contributed by atoms with Gasteiger partial charge in [-0.3, -0.25) is 4.79 Å². The smallest absolute Gasteiger partial charge is 0.355 e. The van der Waals surface area contributed by atoms with Crippen molar-refractivity contribution >= 4 is 17.6 Å². The molecule has 0 saturated heterocycles. The van der Waals surface area contributed by atoms with Crippen molar-refractivity contribution in [1.82, 2.24) is 4.57 Å². The van der Waals surface area contributed by atoms with Crippen molar-refractivity contribution in [2.75, 3.05) is 11.9 Å². The van der Waals surface area contributed by atoms with Crippen molar-refractivity contribution in [3.8, 4) is 0 Å². The summed E-state index contributed by atoms with van der Waals surface area (Å²) in [6.45, 7) is 10.3. The van der Waals surface area contributed by atoms with Gasteiger partial charge in [0.05, 0.1) is 12.2 Å². The molecule has 1 aromatic heterocycles. The van der Waals surface area contributed by atoms with Gasteiger partial charge >= 0.3 is 5.97 Å². The number of carbonyl (C=O) groups excluding carboxylic acids is 2. The van der Waals surface area contributed by atoms with Gasteiger partial charge in [-0.15, -0.1) is 0 Å². The second-order valence-corrected chi connectivity index (χ2v) is 5.86. The highest BCUT2D eigenvalue weighted by molar-refractivity contribution is 6.08. The minimum atomic E-state index is -0.391. The zero-order valence-corrected chi connectivity index (χ0v) is 15.6. The lowest BCUT2D eigenvalue weighted by Gasteiger charge is -2.10. The average Bonchev–Trinajstić information content (AvgIpc) is 2.85. The van der Waals surface area contributed by atoms with Crippen LogP contribution in [0.2, 0.25) is 0 Å². The Balaban J connectivity index is 2.45. The topological polar surface area (TPSA) is 60.3 Å². The van der Waals surface area contributed by atoms with Crippen molar-refractivity contribution in [2.24, 2.45) is 0 Å². The van der Waals surface area contributed by atoms with Crippen molar-refractivity contribution in [3.05, 3.63) is 52.3 Å². The van der Waals surface area contributed by atoms with Gasteiger partial charge in [-0.1, -0.05) is 25.1 Å². The molecule has 2 rings (SSSR count). The molecule has 5 heteroatoms. The van der Waals surface area contributed by atoms with Crippen molar-refractivity contribution < 1.29 is 14.3 Å². The van der Waals surface area contributed by atoms with E-state index in [9.17, 15) is 9.59 Å². The molecule has 0 aliphatic heterocycles. The van der Waals surface area contributed by atoms with Crippen LogP contribution in [0.25, 0.3) is 0 Å². The molecule has 0 atom stereocenters. The molecule has 0 spiro atoms. The molecule has 2 aromatic rings. The van der Waals surface area contributed by atoms with E-state index in [4.69, 9.17) is 4.74 Å². The van der Waals surface area contributed by atoms with Crippen molar-refractivity contribution in [1.29, 1.82) is 0 Å². The first-order chi connectivity index (χ1) is 12.0. The van der Waals surface area contributed by atoms with E-state index in [1.54, 1.807) is 13.8 Å². The van der Waals surface area contributed by atoms with Gasteiger partial charge < -0.3 is 14.6 Å². The number of carbonyl (C=O) groups is 2. The minimum absolute atomic E-state index is 0.200. The summed E-state index contributed by atoms with van der Waals surface area (Å²) >= 11 is 0. The standard InChI is InChI=1S/C20H26N2O3/c1-6-15-11-9-10-12-16(15)21-19(23)17-13(4)18(20(24)25-8-3)22(7-2)14(17)5/h9-12H,6-8H2,1-5H3,(H,21,23). The van der Waals surface area contributed by atoms with Gasteiger partial charge in [-0.05, 0) is 51.3 Å². The number of ether oxygens (including phenoxy) is 1. The fourth-order valence-electron chi connectivity index (χ4n) is 3.22. The van der Waals surface area contributed by atoms with Gasteiger partial charge in [0.15, 0.2) is 0 Å². The Bertz CT molecular complexity index is 790. The first kappa shape index (κ1) is 18.8. The van der Waals surface area contributed by atoms with E-state index in [2.05, 4.69) is 5.32 Å². The number of aromatic nitrogens is 1. The first-order valence-corrected chi connectivity index (χ1v) is 8.72. The van der Waals surface area contributed by atoms with Crippen molar-refractivity contribution in [2.45, 2.75) is 47.6 Å². The zero-order valence-electron chi connectivity index (χ0n) is 15.6. The van der Waals surface area contributed by atoms with Crippen LogP contribution in [0.4, 0.5) is 5.69 Å². The van der Waals surface area contributed by atoms with Crippen LogP contribution in [0.15, 0.2) is 24.3 Å². The van der Waals surface area contributed by atoms with Gasteiger partial charge in [0.25, 0.3) is 5.91 Å². The molecule has 0 aliphatic rings. The Morgan fingerprint density at radius 1 is 1.12 bits per heavy atom. The van der Waals surface area contributed by atoms with Crippen LogP contribution in [0.1, 0.15) is 58.4 Å². The molecular formula is C20H26N2O3. The third-order valence-corrected chi connectivity index (χ3v) is 4.43. The predicted molar refractivity (Wildman–Crippen MR) is 99.3 cm³/mol. The van der Waals surface area contributed by atoms with Crippen molar-refractivity contribution in [3.63, 3.8) is 0 Å². The predicted octanol–water partition coefficient (Wildman–Crippen LogP) is 4.12. The van der Waals surface area contributed by atoms with E-state index in [1.165, 1.54) is 0 Å². The molecule has 0 fully saturated rings. The maximum absolute atomic E-state index is 12.9. The zero-order chi connectivity index (χ0) is 18.6. The van der Waals surface area contributed by atoms with E-state index in [-0.39, 0.29) is 5.91 Å². The highest BCUT2D eigenvalue weighted by Crippen LogP contribution is 2.25. The summed E-state index contributed by atoms with van der Waals surface area (Å²) in [6.07, 6.45) is 0.832. The summed E-state index contributed by atoms with van der Waals surface area (Å²) in [7, 11) is 0. The van der Waals surface area contributed by atoms with Crippen LogP contribution in [-0.4, -0.2) is 23.1 Å². The summed E-state index contributed by atoms with van der Waals surface area (Å²) in [5, 5.41) is 2.99. The SMILES string of the molecule is CCOC(=O)c1c(C)c(C(=O)Nc2ccccc2CC)c(C)n1CC. The summed E-state index contributed by atoms with van der Waals surface area (Å²) in [4.78, 5) is 25.2. The Kier molecular flexibility index (Phi) is 6.02. The molecule has 25 heavy (non-hydrogen) atoms. The average molecular weight is 342 g/mol. The van der Waals surface area contributed by atoms with Gasteiger partial charge in [-0.2, -0.15) is 0 Å². The first-order valence-electron chi connectivity index (χ1n) is 8.72. The van der Waals surface area contributed by atoms with Gasteiger partial charge in [0.1, 0.15) is 5.69 Å². The molecule has 134 valence electrons. The fraction of sp³-hybridized carbons (Fsp3) is 0.400. The monoisotopic (exact) mass is 342 g/mol. The number of aryl methyl sites for hydroxylation is 1. The number of esters is 1. The third-order valence-electron chi connectivity index (χ3n) is 4.43. The Labute approximate surface area is 149 Å². The van der Waals surface area contributed by atoms with E-state index in [0.29, 0.717) is 30.0 Å². The van der Waals surface area contributed by atoms with E-state index in [0.717, 1.165) is 23.4 Å². The maximum atomic E-state index is 12.9. The second kappa shape index (κ2) is 8.01. The third kappa shape index (κ3) is 3.60. The minimum Gasteiger partial charge on any atom is -0.461 e.